The molecule has 2 rings (SSSR count). The molecule has 0 saturated carbocycles. The predicted molar refractivity (Wildman–Crippen MR) is 80.4 cm³/mol. The number of carbonyl (C=O) groups is 2. The van der Waals surface area contributed by atoms with Crippen LogP contribution in [0.4, 0.5) is 4.79 Å². The Morgan fingerprint density at radius 1 is 1.62 bits per heavy atom. The smallest absolute Gasteiger partial charge is 0.317 e. The van der Waals surface area contributed by atoms with Crippen molar-refractivity contribution in [1.29, 1.82) is 0 Å². The molecule has 2 amide bonds. The first-order valence-electron chi connectivity index (χ1n) is 7.09. The molecule has 7 heteroatoms. The topological polar surface area (TPSA) is 82.5 Å². The van der Waals surface area contributed by atoms with Crippen molar-refractivity contribution < 1.29 is 14.7 Å². The van der Waals surface area contributed by atoms with E-state index in [2.05, 4.69) is 17.2 Å². The Hall–Kier alpha value is -1.63. The number of thiazole rings is 1. The average molecular weight is 311 g/mol. The van der Waals surface area contributed by atoms with Gasteiger partial charge in [-0.25, -0.2) is 9.78 Å². The average Bonchev–Trinajstić information content (AvgIpc) is 3.05. The number of hydrogen-bond donors (Lipinski definition) is 2. The molecule has 0 aromatic carbocycles. The summed E-state index contributed by atoms with van der Waals surface area (Å²) in [6.45, 7) is 6.36. The third kappa shape index (κ3) is 3.34. The second kappa shape index (κ2) is 6.01. The third-order valence-corrected chi connectivity index (χ3v) is 5.23. The normalized spacial score (nSPS) is 23.1. The predicted octanol–water partition coefficient (Wildman–Crippen LogP) is 2.27. The number of likely N-dealkylation sites (tertiary alicyclic amines) is 1. The summed E-state index contributed by atoms with van der Waals surface area (Å²) in [7, 11) is 0. The van der Waals surface area contributed by atoms with E-state index in [9.17, 15) is 14.7 Å². The maximum Gasteiger partial charge on any atom is 0.317 e. The van der Waals surface area contributed by atoms with Gasteiger partial charge in [0.15, 0.2) is 0 Å². The number of carboxylic acid groups (broad SMARTS) is 1. The lowest BCUT2D eigenvalue weighted by Gasteiger charge is -2.22. The molecular formula is C14H21N3O3S. The van der Waals surface area contributed by atoms with Crippen LogP contribution < -0.4 is 5.32 Å². The summed E-state index contributed by atoms with van der Waals surface area (Å²) >= 11 is 1.59. The highest BCUT2D eigenvalue weighted by molar-refractivity contribution is 7.11. The Labute approximate surface area is 128 Å². The summed E-state index contributed by atoms with van der Waals surface area (Å²) in [4.78, 5) is 30.5. The molecule has 6 nitrogen and oxygen atoms in total. The standard InChI is InChI=1S/C14H21N3O3S/c1-4-10-7-15-11(21-10)9(2)16-13(20)17-6-5-14(3,8-17)12(18)19/h7,9H,4-6,8H2,1-3H3,(H,16,20)(H,18,19). The third-order valence-electron chi connectivity index (χ3n) is 3.91. The molecule has 0 bridgehead atoms. The molecule has 2 heterocycles. The highest BCUT2D eigenvalue weighted by atomic mass is 32.1. The van der Waals surface area contributed by atoms with Crippen molar-refractivity contribution in [3.05, 3.63) is 16.1 Å². The van der Waals surface area contributed by atoms with E-state index in [0.717, 1.165) is 11.4 Å². The number of aryl methyl sites for hydroxylation is 1. The van der Waals surface area contributed by atoms with Crippen LogP contribution in [0, 0.1) is 5.41 Å². The lowest BCUT2D eigenvalue weighted by atomic mass is 9.90. The zero-order chi connectivity index (χ0) is 15.6. The van der Waals surface area contributed by atoms with Crippen molar-refractivity contribution in [2.24, 2.45) is 5.41 Å². The molecule has 1 aliphatic heterocycles. The Morgan fingerprint density at radius 3 is 2.86 bits per heavy atom. The Bertz CT molecular complexity index is 545. The summed E-state index contributed by atoms with van der Waals surface area (Å²) < 4.78 is 0. The minimum Gasteiger partial charge on any atom is -0.481 e. The van der Waals surface area contributed by atoms with Gasteiger partial charge in [-0.2, -0.15) is 0 Å². The molecule has 0 spiro atoms. The fraction of sp³-hybridized carbons (Fsp3) is 0.643. The second-order valence-electron chi connectivity index (χ2n) is 5.73. The number of aromatic nitrogens is 1. The minimum absolute atomic E-state index is 0.167. The molecule has 1 fully saturated rings. The minimum atomic E-state index is -0.849. The molecule has 1 aromatic rings. The maximum absolute atomic E-state index is 12.2. The van der Waals surface area contributed by atoms with Gasteiger partial charge in [0.05, 0.1) is 11.5 Å². The molecule has 2 atom stereocenters. The van der Waals surface area contributed by atoms with E-state index in [1.807, 2.05) is 13.1 Å². The summed E-state index contributed by atoms with van der Waals surface area (Å²) in [5, 5.41) is 13.0. The zero-order valence-electron chi connectivity index (χ0n) is 12.5. The van der Waals surface area contributed by atoms with Crippen LogP contribution in [-0.2, 0) is 11.2 Å². The number of hydrogen-bond acceptors (Lipinski definition) is 4. The van der Waals surface area contributed by atoms with Gasteiger partial charge in [-0.3, -0.25) is 4.79 Å². The number of rotatable bonds is 4. The molecular weight excluding hydrogens is 290 g/mol. The van der Waals surface area contributed by atoms with Gasteiger partial charge in [-0.15, -0.1) is 11.3 Å². The van der Waals surface area contributed by atoms with Crippen molar-refractivity contribution in [3.8, 4) is 0 Å². The highest BCUT2D eigenvalue weighted by Gasteiger charge is 2.42. The van der Waals surface area contributed by atoms with Gasteiger partial charge in [0, 0.05) is 24.2 Å². The van der Waals surface area contributed by atoms with E-state index in [1.165, 1.54) is 4.88 Å². The number of nitrogens with zero attached hydrogens (tertiary/aromatic N) is 2. The number of carboxylic acids is 1. The van der Waals surface area contributed by atoms with Crippen molar-refractivity contribution in [2.75, 3.05) is 13.1 Å². The summed E-state index contributed by atoms with van der Waals surface area (Å²) in [5.74, 6) is -0.849. The van der Waals surface area contributed by atoms with Crippen LogP contribution in [0.2, 0.25) is 0 Å². The highest BCUT2D eigenvalue weighted by Crippen LogP contribution is 2.30. The molecule has 0 radical (unpaired) electrons. The fourth-order valence-electron chi connectivity index (χ4n) is 2.33. The van der Waals surface area contributed by atoms with Crippen LogP contribution in [0.3, 0.4) is 0 Å². The number of urea groups is 1. The summed E-state index contributed by atoms with van der Waals surface area (Å²) in [6, 6.07) is -0.389. The van der Waals surface area contributed by atoms with Crippen molar-refractivity contribution in [2.45, 2.75) is 39.7 Å². The maximum atomic E-state index is 12.2. The van der Waals surface area contributed by atoms with Crippen molar-refractivity contribution >= 4 is 23.3 Å². The van der Waals surface area contributed by atoms with Crippen LogP contribution in [-0.4, -0.2) is 40.1 Å². The summed E-state index contributed by atoms with van der Waals surface area (Å²) in [6.07, 6.45) is 3.25. The quantitative estimate of drug-likeness (QED) is 0.893. The SMILES string of the molecule is CCc1cnc(C(C)NC(=O)N2CCC(C)(C(=O)O)C2)s1. The van der Waals surface area contributed by atoms with Crippen LogP contribution in [0.15, 0.2) is 6.20 Å². The zero-order valence-corrected chi connectivity index (χ0v) is 13.4. The van der Waals surface area contributed by atoms with Crippen LogP contribution in [0.1, 0.15) is 43.1 Å². The molecule has 0 aliphatic carbocycles. The van der Waals surface area contributed by atoms with E-state index >= 15 is 0 Å². The van der Waals surface area contributed by atoms with E-state index in [4.69, 9.17) is 0 Å². The van der Waals surface area contributed by atoms with Gasteiger partial charge in [-0.1, -0.05) is 6.92 Å². The van der Waals surface area contributed by atoms with Gasteiger partial charge in [0.1, 0.15) is 5.01 Å². The van der Waals surface area contributed by atoms with Crippen LogP contribution >= 0.6 is 11.3 Å². The first kappa shape index (κ1) is 15.8. The molecule has 21 heavy (non-hydrogen) atoms. The van der Waals surface area contributed by atoms with E-state index in [0.29, 0.717) is 13.0 Å². The molecule has 1 aliphatic rings. The number of carbonyl (C=O) groups excluding carboxylic acids is 1. The number of nitrogens with one attached hydrogen (secondary N) is 1. The Balaban J connectivity index is 1.94. The molecule has 2 N–H and O–H groups in total. The van der Waals surface area contributed by atoms with Gasteiger partial charge < -0.3 is 15.3 Å². The lowest BCUT2D eigenvalue weighted by molar-refractivity contribution is -0.146. The van der Waals surface area contributed by atoms with Gasteiger partial charge in [0.25, 0.3) is 0 Å². The van der Waals surface area contributed by atoms with E-state index in [1.54, 1.807) is 23.2 Å². The molecule has 116 valence electrons. The van der Waals surface area contributed by atoms with E-state index < -0.39 is 11.4 Å². The van der Waals surface area contributed by atoms with Crippen LogP contribution in [0.5, 0.6) is 0 Å². The van der Waals surface area contributed by atoms with Gasteiger partial charge >= 0.3 is 12.0 Å². The Kier molecular flexibility index (Phi) is 4.51. The molecule has 2 unspecified atom stereocenters. The van der Waals surface area contributed by atoms with Gasteiger partial charge in [0.2, 0.25) is 0 Å². The van der Waals surface area contributed by atoms with Crippen LogP contribution in [0.25, 0.3) is 0 Å². The summed E-state index contributed by atoms with van der Waals surface area (Å²) in [5.41, 5.74) is -0.836. The lowest BCUT2D eigenvalue weighted by Crippen LogP contribution is -2.41. The van der Waals surface area contributed by atoms with Crippen molar-refractivity contribution in [3.63, 3.8) is 0 Å². The first-order valence-corrected chi connectivity index (χ1v) is 7.91. The van der Waals surface area contributed by atoms with Crippen molar-refractivity contribution in [1.82, 2.24) is 15.2 Å². The molecule has 1 aromatic heterocycles. The monoisotopic (exact) mass is 311 g/mol. The number of amides is 2. The Morgan fingerprint density at radius 2 is 2.33 bits per heavy atom. The van der Waals surface area contributed by atoms with E-state index in [-0.39, 0.29) is 18.6 Å². The van der Waals surface area contributed by atoms with Gasteiger partial charge in [-0.05, 0) is 26.7 Å². The largest absolute Gasteiger partial charge is 0.481 e. The molecule has 1 saturated heterocycles. The first-order chi connectivity index (χ1) is 9.85. The fourth-order valence-corrected chi connectivity index (χ4v) is 3.19. The number of aliphatic carboxylic acids is 1. The second-order valence-corrected chi connectivity index (χ2v) is 6.87.